The Hall–Kier alpha value is -3.08. The van der Waals surface area contributed by atoms with Gasteiger partial charge in [0.25, 0.3) is 5.56 Å². The van der Waals surface area contributed by atoms with Crippen molar-refractivity contribution in [3.05, 3.63) is 94.3 Å². The molecule has 0 unspecified atom stereocenters. The maximum absolute atomic E-state index is 13.0. The van der Waals surface area contributed by atoms with Crippen molar-refractivity contribution in [1.29, 1.82) is 0 Å². The van der Waals surface area contributed by atoms with Crippen LogP contribution in [0.3, 0.4) is 0 Å². The molecule has 0 saturated carbocycles. The summed E-state index contributed by atoms with van der Waals surface area (Å²) in [7, 11) is 0. The van der Waals surface area contributed by atoms with E-state index in [4.69, 9.17) is 0 Å². The Morgan fingerprint density at radius 3 is 1.96 bits per heavy atom. The fourth-order valence-corrected chi connectivity index (χ4v) is 3.23. The van der Waals surface area contributed by atoms with Crippen molar-refractivity contribution in [2.75, 3.05) is 0 Å². The first-order chi connectivity index (χ1) is 12.4. The Balaban J connectivity index is 1.88. The third-order valence-corrected chi connectivity index (χ3v) is 4.51. The van der Waals surface area contributed by atoms with Gasteiger partial charge in [-0.05, 0) is 35.2 Å². The molecule has 0 atom stereocenters. The predicted molar refractivity (Wildman–Crippen MR) is 96.3 cm³/mol. The van der Waals surface area contributed by atoms with E-state index in [9.17, 15) is 18.0 Å². The maximum atomic E-state index is 13.0. The Bertz CT molecular complexity index is 1160. The van der Waals surface area contributed by atoms with Gasteiger partial charge >= 0.3 is 6.18 Å². The first-order valence-corrected chi connectivity index (χ1v) is 8.11. The molecule has 130 valence electrons. The molecule has 0 fully saturated rings. The van der Waals surface area contributed by atoms with Gasteiger partial charge in [0, 0.05) is 10.8 Å². The smallest absolute Gasteiger partial charge is 0.303 e. The molecule has 5 heteroatoms. The van der Waals surface area contributed by atoms with Crippen molar-refractivity contribution in [3.8, 4) is 0 Å². The van der Waals surface area contributed by atoms with Gasteiger partial charge < -0.3 is 4.57 Å². The van der Waals surface area contributed by atoms with Gasteiger partial charge in [-0.25, -0.2) is 0 Å². The molecule has 26 heavy (non-hydrogen) atoms. The molecule has 0 aliphatic carbocycles. The third kappa shape index (κ3) is 2.75. The Labute approximate surface area is 147 Å². The lowest BCUT2D eigenvalue weighted by Gasteiger charge is -2.14. The highest BCUT2D eigenvalue weighted by atomic mass is 19.4. The normalized spacial score (nSPS) is 12.0. The van der Waals surface area contributed by atoms with Crippen molar-refractivity contribution >= 4 is 21.7 Å². The zero-order valence-electron chi connectivity index (χ0n) is 13.6. The van der Waals surface area contributed by atoms with Crippen LogP contribution in [0.2, 0.25) is 0 Å². The van der Waals surface area contributed by atoms with E-state index in [0.29, 0.717) is 10.9 Å². The standard InChI is InChI=1S/C21H14F3NO/c22-21(23,24)15-11-9-14(10-12-15)13-25-19-8-4-3-6-17(19)16-5-1-2-7-18(16)20(25)26/h1-12H,13H2. The first-order valence-electron chi connectivity index (χ1n) is 8.11. The van der Waals surface area contributed by atoms with Crippen molar-refractivity contribution in [3.63, 3.8) is 0 Å². The van der Waals surface area contributed by atoms with E-state index >= 15 is 0 Å². The number of para-hydroxylation sites is 1. The molecular weight excluding hydrogens is 339 g/mol. The number of fused-ring (bicyclic) bond motifs is 3. The molecule has 0 aliphatic heterocycles. The molecule has 1 heterocycles. The monoisotopic (exact) mass is 353 g/mol. The molecule has 4 rings (SSSR count). The maximum Gasteiger partial charge on any atom is 0.416 e. The van der Waals surface area contributed by atoms with E-state index in [0.717, 1.165) is 28.4 Å². The SMILES string of the molecule is O=c1c2ccccc2c2ccccc2n1Cc1ccc(C(F)(F)F)cc1. The number of pyridine rings is 1. The van der Waals surface area contributed by atoms with Gasteiger partial charge in [-0.1, -0.05) is 48.5 Å². The van der Waals surface area contributed by atoms with Crippen molar-refractivity contribution < 1.29 is 13.2 Å². The van der Waals surface area contributed by atoms with Crippen LogP contribution in [0.15, 0.2) is 77.6 Å². The highest BCUT2D eigenvalue weighted by Crippen LogP contribution is 2.29. The summed E-state index contributed by atoms with van der Waals surface area (Å²) in [5.41, 5.74) is 0.549. The summed E-state index contributed by atoms with van der Waals surface area (Å²) in [6.07, 6.45) is -4.37. The number of aromatic nitrogens is 1. The molecule has 0 bridgehead atoms. The minimum absolute atomic E-state index is 0.154. The number of rotatable bonds is 2. The molecule has 2 nitrogen and oxygen atoms in total. The average Bonchev–Trinajstić information content (AvgIpc) is 2.65. The van der Waals surface area contributed by atoms with Crippen LogP contribution in [-0.2, 0) is 12.7 Å². The van der Waals surface area contributed by atoms with Crippen LogP contribution in [0.1, 0.15) is 11.1 Å². The molecule has 0 amide bonds. The van der Waals surface area contributed by atoms with Crippen molar-refractivity contribution in [1.82, 2.24) is 4.57 Å². The summed E-state index contributed by atoms with van der Waals surface area (Å²) in [5.74, 6) is 0. The van der Waals surface area contributed by atoms with Gasteiger partial charge in [0.1, 0.15) is 0 Å². The molecule has 0 spiro atoms. The Morgan fingerprint density at radius 1 is 0.731 bits per heavy atom. The summed E-state index contributed by atoms with van der Waals surface area (Å²) < 4.78 is 39.8. The van der Waals surface area contributed by atoms with Crippen LogP contribution in [0.4, 0.5) is 13.2 Å². The first kappa shape index (κ1) is 16.4. The highest BCUT2D eigenvalue weighted by molar-refractivity contribution is 6.05. The quantitative estimate of drug-likeness (QED) is 0.453. The average molecular weight is 353 g/mol. The second kappa shape index (κ2) is 6.02. The number of hydrogen-bond acceptors (Lipinski definition) is 1. The number of benzene rings is 3. The second-order valence-electron chi connectivity index (χ2n) is 6.15. The van der Waals surface area contributed by atoms with Crippen LogP contribution in [0, 0.1) is 0 Å². The fraction of sp³-hybridized carbons (Fsp3) is 0.0952. The van der Waals surface area contributed by atoms with Gasteiger partial charge in [-0.2, -0.15) is 13.2 Å². The van der Waals surface area contributed by atoms with E-state index in [2.05, 4.69) is 0 Å². The van der Waals surface area contributed by atoms with E-state index in [1.165, 1.54) is 12.1 Å². The molecule has 1 aromatic heterocycles. The van der Waals surface area contributed by atoms with Crippen LogP contribution in [-0.4, -0.2) is 4.57 Å². The lowest BCUT2D eigenvalue weighted by molar-refractivity contribution is -0.137. The summed E-state index contributed by atoms with van der Waals surface area (Å²) in [5, 5.41) is 2.41. The van der Waals surface area contributed by atoms with Gasteiger partial charge in [0.2, 0.25) is 0 Å². The van der Waals surface area contributed by atoms with E-state index < -0.39 is 11.7 Å². The van der Waals surface area contributed by atoms with Crippen LogP contribution >= 0.6 is 0 Å². The van der Waals surface area contributed by atoms with Crippen molar-refractivity contribution in [2.45, 2.75) is 12.7 Å². The Morgan fingerprint density at radius 2 is 1.31 bits per heavy atom. The van der Waals surface area contributed by atoms with Crippen LogP contribution in [0.5, 0.6) is 0 Å². The molecule has 0 N–H and O–H groups in total. The molecular formula is C21H14F3NO. The minimum atomic E-state index is -4.37. The van der Waals surface area contributed by atoms with Gasteiger partial charge in [0.05, 0.1) is 17.6 Å². The van der Waals surface area contributed by atoms with Gasteiger partial charge in [0.15, 0.2) is 0 Å². The minimum Gasteiger partial charge on any atom is -0.303 e. The lowest BCUT2D eigenvalue weighted by Crippen LogP contribution is -2.21. The van der Waals surface area contributed by atoms with Gasteiger partial charge in [-0.3, -0.25) is 4.79 Å². The van der Waals surface area contributed by atoms with Gasteiger partial charge in [-0.15, -0.1) is 0 Å². The second-order valence-corrected chi connectivity index (χ2v) is 6.15. The number of halogens is 3. The van der Waals surface area contributed by atoms with Crippen molar-refractivity contribution in [2.24, 2.45) is 0 Å². The Kier molecular flexibility index (Phi) is 3.80. The fourth-order valence-electron chi connectivity index (χ4n) is 3.23. The lowest BCUT2D eigenvalue weighted by atomic mass is 10.1. The molecule has 4 aromatic rings. The van der Waals surface area contributed by atoms with Crippen LogP contribution in [0.25, 0.3) is 21.7 Å². The molecule has 3 aromatic carbocycles. The zero-order chi connectivity index (χ0) is 18.3. The topological polar surface area (TPSA) is 22.0 Å². The summed E-state index contributed by atoms with van der Waals surface area (Å²) in [4.78, 5) is 13.0. The molecule has 0 radical (unpaired) electrons. The van der Waals surface area contributed by atoms with Crippen LogP contribution < -0.4 is 5.56 Å². The molecule has 0 saturated heterocycles. The predicted octanol–water partition coefficient (Wildman–Crippen LogP) is 5.22. The number of alkyl halides is 3. The van der Waals surface area contributed by atoms with E-state index in [1.807, 2.05) is 36.4 Å². The largest absolute Gasteiger partial charge is 0.416 e. The summed E-state index contributed by atoms with van der Waals surface area (Å²) in [6.45, 7) is 0.211. The van der Waals surface area contributed by atoms with E-state index in [-0.39, 0.29) is 12.1 Å². The number of hydrogen-bond donors (Lipinski definition) is 0. The number of nitrogens with zero attached hydrogens (tertiary/aromatic N) is 1. The zero-order valence-corrected chi connectivity index (χ0v) is 13.6. The summed E-state index contributed by atoms with van der Waals surface area (Å²) in [6, 6.07) is 19.8. The van der Waals surface area contributed by atoms with E-state index in [1.54, 1.807) is 16.7 Å². The third-order valence-electron chi connectivity index (χ3n) is 4.51. The summed E-state index contributed by atoms with van der Waals surface area (Å²) >= 11 is 0. The highest BCUT2D eigenvalue weighted by Gasteiger charge is 2.29. The molecule has 0 aliphatic rings.